The molecule has 0 spiro atoms. The van der Waals surface area contributed by atoms with Crippen molar-refractivity contribution >= 4 is 28.5 Å². The molecule has 0 bridgehead atoms. The zero-order valence-corrected chi connectivity index (χ0v) is 18.2. The predicted octanol–water partition coefficient (Wildman–Crippen LogP) is 4.01. The monoisotopic (exact) mass is 412 g/mol. The van der Waals surface area contributed by atoms with E-state index in [2.05, 4.69) is 72.2 Å². The van der Waals surface area contributed by atoms with E-state index in [9.17, 15) is 8.76 Å². The van der Waals surface area contributed by atoms with Crippen LogP contribution in [0.2, 0.25) is 0 Å². The van der Waals surface area contributed by atoms with Crippen LogP contribution in [0.1, 0.15) is 30.5 Å². The second-order valence-corrected chi connectivity index (χ2v) is 9.39. The predicted molar refractivity (Wildman–Crippen MR) is 120 cm³/mol. The average molecular weight is 413 g/mol. The third-order valence-corrected chi connectivity index (χ3v) is 6.74. The van der Waals surface area contributed by atoms with Crippen LogP contribution < -0.4 is 9.80 Å². The maximum Gasteiger partial charge on any atom is 0.170 e. The van der Waals surface area contributed by atoms with Crippen LogP contribution in [0.4, 0.5) is 11.4 Å². The highest BCUT2D eigenvalue weighted by Gasteiger charge is 2.59. The highest BCUT2D eigenvalue weighted by Crippen LogP contribution is 2.55. The van der Waals surface area contributed by atoms with Gasteiger partial charge in [0.05, 0.1) is 12.4 Å². The molecule has 2 heterocycles. The molecular formula is C23H28N2O3S. The molecule has 0 saturated carbocycles. The molecule has 0 aliphatic carbocycles. The number of rotatable bonds is 5. The average Bonchev–Trinajstić information content (AvgIpc) is 3.17. The number of hydrogen-bond donors (Lipinski definition) is 1. The molecule has 2 aromatic carbocycles. The van der Waals surface area contributed by atoms with Crippen LogP contribution in [0.25, 0.3) is 6.08 Å². The minimum absolute atomic E-state index is 0.144. The lowest BCUT2D eigenvalue weighted by Gasteiger charge is -2.39. The van der Waals surface area contributed by atoms with E-state index in [4.69, 9.17) is 4.74 Å². The lowest BCUT2D eigenvalue weighted by molar-refractivity contribution is 0.000328. The maximum absolute atomic E-state index is 11.3. The number of anilines is 2. The fourth-order valence-electron chi connectivity index (χ4n) is 4.54. The van der Waals surface area contributed by atoms with Gasteiger partial charge in [-0.2, -0.15) is 0 Å². The van der Waals surface area contributed by atoms with Crippen molar-refractivity contribution in [2.24, 2.45) is 0 Å². The van der Waals surface area contributed by atoms with Crippen molar-refractivity contribution in [2.45, 2.75) is 30.7 Å². The summed E-state index contributed by atoms with van der Waals surface area (Å²) in [4.78, 5) is 4.41. The standard InChI is InChI=1S/C23H28N2O3S/c1-22(2)20-15-18(16-29(26)27)7-10-21(20)25-13-14-28-23(22,25)12-11-17-5-8-19(9-6-17)24(3)4/h5-12,15H,13-14,16H2,1-4H3,(H,26,27). The van der Waals surface area contributed by atoms with E-state index in [1.54, 1.807) is 0 Å². The van der Waals surface area contributed by atoms with Gasteiger partial charge < -0.3 is 19.1 Å². The van der Waals surface area contributed by atoms with Crippen LogP contribution in [0.3, 0.4) is 0 Å². The van der Waals surface area contributed by atoms with E-state index in [0.717, 1.165) is 28.9 Å². The van der Waals surface area contributed by atoms with Gasteiger partial charge in [-0.3, -0.25) is 0 Å². The Hall–Kier alpha value is -2.15. The molecule has 0 aromatic heterocycles. The molecule has 5 nitrogen and oxygen atoms in total. The Labute approximate surface area is 175 Å². The van der Waals surface area contributed by atoms with Crippen LogP contribution in [0.15, 0.2) is 48.5 Å². The van der Waals surface area contributed by atoms with Gasteiger partial charge in [-0.05, 0) is 41.0 Å². The van der Waals surface area contributed by atoms with Gasteiger partial charge in [0.1, 0.15) is 0 Å². The van der Waals surface area contributed by atoms with E-state index in [1.807, 2.05) is 20.2 Å². The Kier molecular flexibility index (Phi) is 5.05. The SMILES string of the molecule is CN(C)c1ccc(C=CC23OCCN2c2ccc(CS(=O)O)cc2C3(C)C)cc1. The summed E-state index contributed by atoms with van der Waals surface area (Å²) < 4.78 is 26.9. The van der Waals surface area contributed by atoms with Gasteiger partial charge in [-0.25, -0.2) is 4.21 Å². The fourth-order valence-corrected chi connectivity index (χ4v) is 5.00. The zero-order valence-electron chi connectivity index (χ0n) is 17.4. The van der Waals surface area contributed by atoms with E-state index >= 15 is 0 Å². The number of benzene rings is 2. The summed E-state index contributed by atoms with van der Waals surface area (Å²) in [5.41, 5.74) is 4.61. The van der Waals surface area contributed by atoms with Gasteiger partial charge in [-0.1, -0.05) is 44.2 Å². The molecule has 2 atom stereocenters. The summed E-state index contributed by atoms with van der Waals surface area (Å²) in [5, 5.41) is 0. The largest absolute Gasteiger partial charge is 0.378 e. The van der Waals surface area contributed by atoms with Crippen molar-refractivity contribution in [3.63, 3.8) is 0 Å². The van der Waals surface area contributed by atoms with Crippen molar-refractivity contribution in [3.8, 4) is 0 Å². The third kappa shape index (κ3) is 3.29. The van der Waals surface area contributed by atoms with Gasteiger partial charge in [0.25, 0.3) is 0 Å². The lowest BCUT2D eigenvalue weighted by atomic mass is 9.77. The Morgan fingerprint density at radius 1 is 1.21 bits per heavy atom. The Morgan fingerprint density at radius 2 is 1.93 bits per heavy atom. The van der Waals surface area contributed by atoms with E-state index in [0.29, 0.717) is 6.61 Å². The van der Waals surface area contributed by atoms with Gasteiger partial charge in [0.15, 0.2) is 16.8 Å². The summed E-state index contributed by atoms with van der Waals surface area (Å²) in [6.07, 6.45) is 4.31. The normalized spacial score (nSPS) is 23.3. The van der Waals surface area contributed by atoms with Crippen molar-refractivity contribution in [1.82, 2.24) is 0 Å². The molecule has 1 fully saturated rings. The molecule has 6 heteroatoms. The number of hydrogen-bond acceptors (Lipinski definition) is 4. The van der Waals surface area contributed by atoms with Gasteiger partial charge in [0.2, 0.25) is 0 Å². The summed E-state index contributed by atoms with van der Waals surface area (Å²) in [5.74, 6) is 0.144. The van der Waals surface area contributed by atoms with Gasteiger partial charge in [0, 0.05) is 37.4 Å². The van der Waals surface area contributed by atoms with Crippen LogP contribution in [0, 0.1) is 0 Å². The van der Waals surface area contributed by atoms with Crippen molar-refractivity contribution in [1.29, 1.82) is 0 Å². The van der Waals surface area contributed by atoms with Crippen molar-refractivity contribution in [3.05, 3.63) is 65.2 Å². The number of fused-ring (bicyclic) bond motifs is 3. The summed E-state index contributed by atoms with van der Waals surface area (Å²) in [6.45, 7) is 5.88. The van der Waals surface area contributed by atoms with E-state index in [1.165, 1.54) is 5.69 Å². The Morgan fingerprint density at radius 3 is 2.59 bits per heavy atom. The van der Waals surface area contributed by atoms with Crippen molar-refractivity contribution in [2.75, 3.05) is 37.0 Å². The first-order valence-electron chi connectivity index (χ1n) is 9.84. The fraction of sp³-hybridized carbons (Fsp3) is 0.391. The molecule has 29 heavy (non-hydrogen) atoms. The highest BCUT2D eigenvalue weighted by molar-refractivity contribution is 7.78. The maximum atomic E-state index is 11.3. The summed E-state index contributed by atoms with van der Waals surface area (Å²) >= 11 is -1.85. The van der Waals surface area contributed by atoms with Crippen LogP contribution in [-0.4, -0.2) is 41.7 Å². The minimum Gasteiger partial charge on any atom is -0.378 e. The molecule has 1 saturated heterocycles. The first-order valence-corrected chi connectivity index (χ1v) is 11.1. The second kappa shape index (κ2) is 7.27. The first kappa shape index (κ1) is 20.1. The third-order valence-electron chi connectivity index (χ3n) is 6.16. The lowest BCUT2D eigenvalue weighted by Crippen LogP contribution is -2.51. The Balaban J connectivity index is 1.71. The quantitative estimate of drug-likeness (QED) is 0.752. The van der Waals surface area contributed by atoms with Crippen LogP contribution >= 0.6 is 0 Å². The topological polar surface area (TPSA) is 53.0 Å². The molecule has 2 aromatic rings. The van der Waals surface area contributed by atoms with Crippen LogP contribution in [-0.2, 0) is 27.0 Å². The summed E-state index contributed by atoms with van der Waals surface area (Å²) in [7, 11) is 4.07. The summed E-state index contributed by atoms with van der Waals surface area (Å²) in [6, 6.07) is 14.5. The Bertz CT molecular complexity index is 969. The molecule has 4 rings (SSSR count). The molecule has 2 aliphatic heterocycles. The number of nitrogens with zero attached hydrogens (tertiary/aromatic N) is 2. The smallest absolute Gasteiger partial charge is 0.170 e. The first-order chi connectivity index (χ1) is 13.7. The van der Waals surface area contributed by atoms with Crippen LogP contribution in [0.5, 0.6) is 0 Å². The molecular weight excluding hydrogens is 384 g/mol. The van der Waals surface area contributed by atoms with E-state index < -0.39 is 16.8 Å². The van der Waals surface area contributed by atoms with Crippen molar-refractivity contribution < 1.29 is 13.5 Å². The minimum atomic E-state index is -1.85. The second-order valence-electron chi connectivity index (χ2n) is 8.46. The highest BCUT2D eigenvalue weighted by atomic mass is 32.2. The molecule has 0 amide bonds. The number of ether oxygens (including phenoxy) is 1. The van der Waals surface area contributed by atoms with Gasteiger partial charge in [-0.15, -0.1) is 0 Å². The van der Waals surface area contributed by atoms with Gasteiger partial charge >= 0.3 is 0 Å². The molecule has 154 valence electrons. The van der Waals surface area contributed by atoms with E-state index in [-0.39, 0.29) is 11.2 Å². The molecule has 1 N–H and O–H groups in total. The molecule has 2 unspecified atom stereocenters. The zero-order chi connectivity index (χ0) is 20.8. The molecule has 0 radical (unpaired) electrons. The molecule has 2 aliphatic rings.